The molecule has 2 unspecified atom stereocenters. The fourth-order valence-corrected chi connectivity index (χ4v) is 6.82. The van der Waals surface area contributed by atoms with Crippen molar-refractivity contribution in [1.29, 1.82) is 0 Å². The monoisotopic (exact) mass is 454 g/mol. The first-order valence-corrected chi connectivity index (χ1v) is 12.5. The van der Waals surface area contributed by atoms with E-state index in [1.807, 2.05) is 18.2 Å². The SMILES string of the molecule is Cc1ccc(N2C(SCc3ccc(Cl)c(Cl)c3)=NC3CS(=O)(=O)CC32)cc1C. The van der Waals surface area contributed by atoms with E-state index in [9.17, 15) is 8.42 Å². The van der Waals surface area contributed by atoms with Crippen molar-refractivity contribution in [3.05, 3.63) is 63.1 Å². The number of rotatable bonds is 3. The van der Waals surface area contributed by atoms with Crippen LogP contribution in [0.15, 0.2) is 41.4 Å². The van der Waals surface area contributed by atoms with Gasteiger partial charge in [0.1, 0.15) is 0 Å². The number of hydrogen-bond acceptors (Lipinski definition) is 5. The van der Waals surface area contributed by atoms with Gasteiger partial charge < -0.3 is 4.90 Å². The van der Waals surface area contributed by atoms with Gasteiger partial charge in [0.05, 0.1) is 33.6 Å². The number of nitrogens with zero attached hydrogens (tertiary/aromatic N) is 2. The van der Waals surface area contributed by atoms with Gasteiger partial charge in [-0.15, -0.1) is 0 Å². The Morgan fingerprint density at radius 3 is 2.57 bits per heavy atom. The normalized spacial score (nSPS) is 23.0. The van der Waals surface area contributed by atoms with Gasteiger partial charge in [-0.3, -0.25) is 4.99 Å². The van der Waals surface area contributed by atoms with Crippen molar-refractivity contribution in [3.8, 4) is 0 Å². The molecule has 2 aromatic carbocycles. The molecule has 8 heteroatoms. The maximum absolute atomic E-state index is 12.2. The third kappa shape index (κ3) is 3.92. The van der Waals surface area contributed by atoms with E-state index >= 15 is 0 Å². The molecule has 1 fully saturated rings. The van der Waals surface area contributed by atoms with Crippen molar-refractivity contribution in [2.45, 2.75) is 31.7 Å². The van der Waals surface area contributed by atoms with Gasteiger partial charge in [0.25, 0.3) is 0 Å². The van der Waals surface area contributed by atoms with Crippen LogP contribution in [0.25, 0.3) is 0 Å². The van der Waals surface area contributed by atoms with Crippen molar-refractivity contribution in [2.75, 3.05) is 16.4 Å². The van der Waals surface area contributed by atoms with Crippen molar-refractivity contribution in [3.63, 3.8) is 0 Å². The Kier molecular flexibility index (Phi) is 5.42. The van der Waals surface area contributed by atoms with Crippen LogP contribution in [0.1, 0.15) is 16.7 Å². The molecule has 2 atom stereocenters. The number of hydrogen-bond donors (Lipinski definition) is 0. The van der Waals surface area contributed by atoms with E-state index in [-0.39, 0.29) is 23.6 Å². The third-order valence-electron chi connectivity index (χ3n) is 5.23. The molecule has 28 heavy (non-hydrogen) atoms. The molecule has 0 amide bonds. The number of sulfone groups is 1. The van der Waals surface area contributed by atoms with Crippen LogP contribution in [0.2, 0.25) is 10.0 Å². The maximum atomic E-state index is 12.2. The van der Waals surface area contributed by atoms with E-state index in [0.29, 0.717) is 15.8 Å². The van der Waals surface area contributed by atoms with E-state index in [1.165, 1.54) is 11.1 Å². The lowest BCUT2D eigenvalue weighted by atomic mass is 10.1. The van der Waals surface area contributed by atoms with Crippen LogP contribution in [-0.4, -0.2) is 37.2 Å². The first-order chi connectivity index (χ1) is 13.2. The van der Waals surface area contributed by atoms with E-state index in [2.05, 4.69) is 30.9 Å². The lowest BCUT2D eigenvalue weighted by Gasteiger charge is -2.27. The molecule has 0 radical (unpaired) electrons. The minimum absolute atomic E-state index is 0.121. The number of fused-ring (bicyclic) bond motifs is 1. The fourth-order valence-electron chi connectivity index (χ4n) is 3.59. The average molecular weight is 455 g/mol. The quantitative estimate of drug-likeness (QED) is 0.662. The molecule has 148 valence electrons. The summed E-state index contributed by atoms with van der Waals surface area (Å²) in [6.07, 6.45) is 0. The van der Waals surface area contributed by atoms with Gasteiger partial charge in [-0.2, -0.15) is 0 Å². The summed E-state index contributed by atoms with van der Waals surface area (Å²) in [6.45, 7) is 4.14. The predicted octanol–water partition coefficient (Wildman–Crippen LogP) is 4.89. The Bertz CT molecular complexity index is 1070. The second-order valence-corrected chi connectivity index (χ2v) is 11.2. The van der Waals surface area contributed by atoms with Crippen LogP contribution in [0.4, 0.5) is 5.69 Å². The predicted molar refractivity (Wildman–Crippen MR) is 120 cm³/mol. The smallest absolute Gasteiger partial charge is 0.164 e. The van der Waals surface area contributed by atoms with Crippen LogP contribution in [0.3, 0.4) is 0 Å². The van der Waals surface area contributed by atoms with E-state index < -0.39 is 9.84 Å². The van der Waals surface area contributed by atoms with Crippen LogP contribution in [0.5, 0.6) is 0 Å². The number of anilines is 1. The van der Waals surface area contributed by atoms with Gasteiger partial charge in [0.2, 0.25) is 0 Å². The molecular formula is C20H20Cl2N2O2S2. The number of thioether (sulfide) groups is 1. The highest BCUT2D eigenvalue weighted by molar-refractivity contribution is 8.13. The highest BCUT2D eigenvalue weighted by Gasteiger charge is 2.47. The van der Waals surface area contributed by atoms with E-state index in [1.54, 1.807) is 17.8 Å². The highest BCUT2D eigenvalue weighted by atomic mass is 35.5. The Morgan fingerprint density at radius 2 is 1.86 bits per heavy atom. The second kappa shape index (κ2) is 7.56. The van der Waals surface area contributed by atoms with Gasteiger partial charge in [-0.05, 0) is 54.8 Å². The molecule has 0 aromatic heterocycles. The van der Waals surface area contributed by atoms with Crippen molar-refractivity contribution >= 4 is 55.7 Å². The molecule has 2 aliphatic heterocycles. The summed E-state index contributed by atoms with van der Waals surface area (Å²) in [7, 11) is -3.06. The Morgan fingerprint density at radius 1 is 1.07 bits per heavy atom. The zero-order valence-corrected chi connectivity index (χ0v) is 18.7. The molecule has 4 rings (SSSR count). The van der Waals surface area contributed by atoms with Crippen LogP contribution >= 0.6 is 35.0 Å². The minimum Gasteiger partial charge on any atom is -0.315 e. The molecular weight excluding hydrogens is 435 g/mol. The maximum Gasteiger partial charge on any atom is 0.164 e. The molecule has 0 aliphatic carbocycles. The van der Waals surface area contributed by atoms with Gasteiger partial charge in [-0.1, -0.05) is 47.1 Å². The molecule has 0 bridgehead atoms. The number of aliphatic imine (C=N–C) groups is 1. The topological polar surface area (TPSA) is 49.7 Å². The molecule has 4 nitrogen and oxygen atoms in total. The van der Waals surface area contributed by atoms with Gasteiger partial charge in [-0.25, -0.2) is 8.42 Å². The van der Waals surface area contributed by atoms with Crippen LogP contribution in [-0.2, 0) is 15.6 Å². The van der Waals surface area contributed by atoms with Crippen molar-refractivity contribution in [2.24, 2.45) is 4.99 Å². The Hall–Kier alpha value is -1.21. The number of benzene rings is 2. The zero-order chi connectivity index (χ0) is 20.1. The summed E-state index contributed by atoms with van der Waals surface area (Å²) < 4.78 is 24.3. The lowest BCUT2D eigenvalue weighted by molar-refractivity contribution is 0.601. The zero-order valence-electron chi connectivity index (χ0n) is 15.5. The highest BCUT2D eigenvalue weighted by Crippen LogP contribution is 2.37. The second-order valence-electron chi connectivity index (χ2n) is 7.30. The third-order valence-corrected chi connectivity index (χ3v) is 8.70. The molecule has 0 N–H and O–H groups in total. The Labute approximate surface area is 179 Å². The number of halogens is 2. The number of aryl methyl sites for hydroxylation is 2. The Balaban J connectivity index is 1.63. The molecule has 2 aromatic rings. The summed E-state index contributed by atoms with van der Waals surface area (Å²) >= 11 is 13.7. The van der Waals surface area contributed by atoms with Crippen molar-refractivity contribution in [1.82, 2.24) is 0 Å². The fraction of sp³-hybridized carbons (Fsp3) is 0.350. The summed E-state index contributed by atoms with van der Waals surface area (Å²) in [5, 5.41) is 1.92. The molecule has 0 saturated carbocycles. The van der Waals surface area contributed by atoms with Gasteiger partial charge >= 0.3 is 0 Å². The average Bonchev–Trinajstić information content (AvgIpc) is 3.09. The number of amidine groups is 1. The van der Waals surface area contributed by atoms with E-state index in [4.69, 9.17) is 28.2 Å². The molecule has 0 spiro atoms. The van der Waals surface area contributed by atoms with Crippen LogP contribution < -0.4 is 4.90 Å². The lowest BCUT2D eigenvalue weighted by Crippen LogP contribution is -2.39. The molecule has 2 heterocycles. The molecule has 1 saturated heterocycles. The summed E-state index contributed by atoms with van der Waals surface area (Å²) in [5.74, 6) is 0.948. The van der Waals surface area contributed by atoms with Gasteiger partial charge in [0, 0.05) is 11.4 Å². The van der Waals surface area contributed by atoms with Crippen LogP contribution in [0, 0.1) is 13.8 Å². The summed E-state index contributed by atoms with van der Waals surface area (Å²) in [5.41, 5.74) is 4.43. The van der Waals surface area contributed by atoms with Gasteiger partial charge in [0.15, 0.2) is 15.0 Å². The van der Waals surface area contributed by atoms with Crippen molar-refractivity contribution < 1.29 is 8.42 Å². The summed E-state index contributed by atoms with van der Waals surface area (Å²) in [4.78, 5) is 6.88. The van der Waals surface area contributed by atoms with E-state index in [0.717, 1.165) is 16.4 Å². The summed E-state index contributed by atoms with van der Waals surface area (Å²) in [6, 6.07) is 11.5. The standard InChI is InChI=1S/C20H20Cl2N2O2S2/c1-12-3-5-15(7-13(12)2)24-19-11-28(25,26)10-18(19)23-20(24)27-9-14-4-6-16(21)17(22)8-14/h3-8,18-19H,9-11H2,1-2H3. The first kappa shape index (κ1) is 20.1. The largest absolute Gasteiger partial charge is 0.315 e. The first-order valence-electron chi connectivity index (χ1n) is 8.95. The minimum atomic E-state index is -3.06. The molecule has 2 aliphatic rings.